The molecule has 0 aliphatic heterocycles. The molecule has 0 radical (unpaired) electrons. The van der Waals surface area contributed by atoms with Gasteiger partial charge in [0.15, 0.2) is 0 Å². The molecule has 3 rings (SSSR count). The molecular formula is C20H18N4O2. The van der Waals surface area contributed by atoms with Crippen molar-refractivity contribution in [1.82, 2.24) is 0 Å². The number of phenols is 2. The monoisotopic (exact) mass is 346 g/mol. The van der Waals surface area contributed by atoms with E-state index >= 15 is 0 Å². The van der Waals surface area contributed by atoms with Crippen LogP contribution in [0.25, 0.3) is 0 Å². The van der Waals surface area contributed by atoms with Crippen LogP contribution in [0.15, 0.2) is 81.1 Å². The lowest BCUT2D eigenvalue weighted by molar-refractivity contribution is 0.471. The van der Waals surface area contributed by atoms with Crippen molar-refractivity contribution in [3.05, 3.63) is 71.8 Å². The number of phenolic OH excluding ortho intramolecular Hbond substituents is 2. The first-order valence-electron chi connectivity index (χ1n) is 8.04. The molecule has 130 valence electrons. The van der Waals surface area contributed by atoms with Crippen molar-refractivity contribution in [2.45, 2.75) is 13.8 Å². The molecule has 0 saturated carbocycles. The van der Waals surface area contributed by atoms with Gasteiger partial charge < -0.3 is 10.2 Å². The van der Waals surface area contributed by atoms with Crippen LogP contribution < -0.4 is 0 Å². The maximum atomic E-state index is 9.52. The molecule has 3 aromatic carbocycles. The Bertz CT molecular complexity index is 980. The zero-order chi connectivity index (χ0) is 18.5. The minimum absolute atomic E-state index is 0.208. The third-order valence-corrected chi connectivity index (χ3v) is 3.76. The fraction of sp³-hybridized carbons (Fsp3) is 0.100. The summed E-state index contributed by atoms with van der Waals surface area (Å²) in [6, 6.07) is 17.2. The molecule has 0 aliphatic rings. The van der Waals surface area contributed by atoms with Gasteiger partial charge in [0.25, 0.3) is 0 Å². The Morgan fingerprint density at radius 2 is 1.15 bits per heavy atom. The summed E-state index contributed by atoms with van der Waals surface area (Å²) in [6.45, 7) is 3.67. The lowest BCUT2D eigenvalue weighted by Crippen LogP contribution is -1.73. The average molecular weight is 346 g/mol. The van der Waals surface area contributed by atoms with Gasteiger partial charge in [-0.25, -0.2) is 0 Å². The summed E-state index contributed by atoms with van der Waals surface area (Å²) in [5.74, 6) is 0.447. The summed E-state index contributed by atoms with van der Waals surface area (Å²) in [5.41, 5.74) is 4.36. The average Bonchev–Trinajstić information content (AvgIpc) is 2.63. The summed E-state index contributed by atoms with van der Waals surface area (Å²) >= 11 is 0. The summed E-state index contributed by atoms with van der Waals surface area (Å²) in [6.07, 6.45) is 0. The molecule has 0 aromatic heterocycles. The van der Waals surface area contributed by atoms with Gasteiger partial charge in [-0.05, 0) is 85.6 Å². The zero-order valence-electron chi connectivity index (χ0n) is 14.5. The van der Waals surface area contributed by atoms with Crippen molar-refractivity contribution in [3.8, 4) is 11.5 Å². The van der Waals surface area contributed by atoms with Crippen LogP contribution in [0.3, 0.4) is 0 Å². The van der Waals surface area contributed by atoms with Gasteiger partial charge in [-0.2, -0.15) is 20.5 Å². The predicted octanol–water partition coefficient (Wildman–Crippen LogP) is 6.55. The third kappa shape index (κ3) is 4.30. The largest absolute Gasteiger partial charge is 0.508 e. The highest BCUT2D eigenvalue weighted by Gasteiger charge is 1.99. The quantitative estimate of drug-likeness (QED) is 0.525. The highest BCUT2D eigenvalue weighted by atomic mass is 16.3. The molecule has 0 bridgehead atoms. The number of aryl methyl sites for hydroxylation is 2. The van der Waals surface area contributed by atoms with Crippen LogP contribution in [-0.2, 0) is 0 Å². The molecule has 0 unspecified atom stereocenters. The molecule has 0 atom stereocenters. The molecule has 0 saturated heterocycles. The molecule has 0 aliphatic carbocycles. The van der Waals surface area contributed by atoms with E-state index in [4.69, 9.17) is 0 Å². The second-order valence-electron chi connectivity index (χ2n) is 5.86. The van der Waals surface area contributed by atoms with Crippen LogP contribution in [0.5, 0.6) is 11.5 Å². The number of hydrogen-bond donors (Lipinski definition) is 2. The second-order valence-corrected chi connectivity index (χ2v) is 5.86. The number of hydrogen-bond acceptors (Lipinski definition) is 6. The van der Waals surface area contributed by atoms with Gasteiger partial charge in [0, 0.05) is 0 Å². The minimum Gasteiger partial charge on any atom is -0.508 e. The van der Waals surface area contributed by atoms with Crippen LogP contribution in [0, 0.1) is 13.8 Å². The molecule has 6 nitrogen and oxygen atoms in total. The normalized spacial score (nSPS) is 11.5. The maximum Gasteiger partial charge on any atom is 0.118 e. The van der Waals surface area contributed by atoms with Crippen molar-refractivity contribution in [2.75, 3.05) is 0 Å². The predicted molar refractivity (Wildman–Crippen MR) is 100 cm³/mol. The van der Waals surface area contributed by atoms with Crippen molar-refractivity contribution >= 4 is 22.7 Å². The van der Waals surface area contributed by atoms with E-state index in [1.54, 1.807) is 60.7 Å². The third-order valence-electron chi connectivity index (χ3n) is 3.76. The van der Waals surface area contributed by atoms with Gasteiger partial charge in [0.05, 0.1) is 22.7 Å². The number of benzene rings is 3. The zero-order valence-corrected chi connectivity index (χ0v) is 14.5. The molecule has 26 heavy (non-hydrogen) atoms. The van der Waals surface area contributed by atoms with Gasteiger partial charge in [-0.1, -0.05) is 0 Å². The number of azo groups is 2. The smallest absolute Gasteiger partial charge is 0.118 e. The van der Waals surface area contributed by atoms with Crippen LogP contribution >= 0.6 is 0 Å². The highest BCUT2D eigenvalue weighted by molar-refractivity contribution is 5.51. The summed E-state index contributed by atoms with van der Waals surface area (Å²) in [5, 5.41) is 35.6. The molecule has 3 aromatic rings. The molecule has 0 amide bonds. The first-order valence-corrected chi connectivity index (χ1v) is 8.04. The molecule has 0 spiro atoms. The van der Waals surface area contributed by atoms with Crippen molar-refractivity contribution in [2.24, 2.45) is 20.5 Å². The molecule has 0 fully saturated rings. The van der Waals surface area contributed by atoms with E-state index in [2.05, 4.69) is 20.5 Å². The van der Waals surface area contributed by atoms with E-state index in [0.717, 1.165) is 11.1 Å². The Balaban J connectivity index is 1.70. The van der Waals surface area contributed by atoms with Gasteiger partial charge in [0.1, 0.15) is 11.5 Å². The Morgan fingerprint density at radius 3 is 1.77 bits per heavy atom. The highest BCUT2D eigenvalue weighted by Crippen LogP contribution is 2.27. The Hall–Kier alpha value is -3.54. The Labute approximate surface area is 151 Å². The minimum atomic E-state index is 0.208. The Kier molecular flexibility index (Phi) is 5.03. The van der Waals surface area contributed by atoms with Crippen molar-refractivity contribution < 1.29 is 10.2 Å². The van der Waals surface area contributed by atoms with Crippen LogP contribution in [0.2, 0.25) is 0 Å². The second kappa shape index (κ2) is 7.57. The first kappa shape index (κ1) is 17.3. The standard InChI is InChI=1S/C20H18N4O2/c1-13-12-18(25)8-9-19(13)24-22-16-5-3-15(4-6-16)21-23-17-7-10-20(26)14(2)11-17/h3-12,25-26H,1-2H3. The lowest BCUT2D eigenvalue weighted by Gasteiger charge is -2.00. The van der Waals surface area contributed by atoms with Crippen molar-refractivity contribution in [3.63, 3.8) is 0 Å². The van der Waals surface area contributed by atoms with Crippen molar-refractivity contribution in [1.29, 1.82) is 0 Å². The van der Waals surface area contributed by atoms with Crippen LogP contribution in [0.1, 0.15) is 11.1 Å². The summed E-state index contributed by atoms with van der Waals surface area (Å²) < 4.78 is 0. The van der Waals surface area contributed by atoms with E-state index in [1.807, 2.05) is 13.8 Å². The van der Waals surface area contributed by atoms with E-state index in [9.17, 15) is 10.2 Å². The molecule has 0 heterocycles. The van der Waals surface area contributed by atoms with E-state index in [1.165, 1.54) is 0 Å². The van der Waals surface area contributed by atoms with E-state index in [0.29, 0.717) is 22.7 Å². The van der Waals surface area contributed by atoms with Crippen LogP contribution in [-0.4, -0.2) is 10.2 Å². The number of aromatic hydroxyl groups is 2. The Morgan fingerprint density at radius 1 is 0.577 bits per heavy atom. The van der Waals surface area contributed by atoms with E-state index < -0.39 is 0 Å². The fourth-order valence-electron chi connectivity index (χ4n) is 2.27. The maximum absolute atomic E-state index is 9.52. The lowest BCUT2D eigenvalue weighted by atomic mass is 10.2. The van der Waals surface area contributed by atoms with Gasteiger partial charge >= 0.3 is 0 Å². The van der Waals surface area contributed by atoms with Crippen LogP contribution in [0.4, 0.5) is 22.7 Å². The fourth-order valence-corrected chi connectivity index (χ4v) is 2.27. The SMILES string of the molecule is Cc1cc(N=Nc2ccc(N=Nc3ccc(O)cc3C)cc2)ccc1O. The summed E-state index contributed by atoms with van der Waals surface area (Å²) in [4.78, 5) is 0. The number of nitrogens with zero attached hydrogens (tertiary/aromatic N) is 4. The summed E-state index contributed by atoms with van der Waals surface area (Å²) in [7, 11) is 0. The molecule has 2 N–H and O–H groups in total. The first-order chi connectivity index (χ1) is 12.5. The van der Waals surface area contributed by atoms with Gasteiger partial charge in [0.2, 0.25) is 0 Å². The topological polar surface area (TPSA) is 89.9 Å². The van der Waals surface area contributed by atoms with E-state index in [-0.39, 0.29) is 11.5 Å². The van der Waals surface area contributed by atoms with Gasteiger partial charge in [-0.3, -0.25) is 0 Å². The molecule has 6 heteroatoms. The number of rotatable bonds is 4. The molecular weight excluding hydrogens is 328 g/mol. The van der Waals surface area contributed by atoms with Gasteiger partial charge in [-0.15, -0.1) is 0 Å².